The van der Waals surface area contributed by atoms with Gasteiger partial charge in [0.15, 0.2) is 5.96 Å². The molecule has 0 aromatic heterocycles. The zero-order chi connectivity index (χ0) is 20.8. The van der Waals surface area contributed by atoms with Crippen LogP contribution in [0.3, 0.4) is 0 Å². The average molecular weight is 403 g/mol. The van der Waals surface area contributed by atoms with E-state index >= 15 is 0 Å². The predicted octanol–water partition coefficient (Wildman–Crippen LogP) is 3.19. The van der Waals surface area contributed by atoms with E-state index in [9.17, 15) is 8.42 Å². The van der Waals surface area contributed by atoms with Gasteiger partial charge in [-0.2, -0.15) is 0 Å². The number of nitrogens with zero attached hydrogens (tertiary/aromatic N) is 1. The topological polar surface area (TPSA) is 82.6 Å². The van der Waals surface area contributed by atoms with Crippen LogP contribution < -0.4 is 15.4 Å². The Hall–Kier alpha value is -2.38. The molecule has 7 heteroatoms. The lowest BCUT2D eigenvalue weighted by Gasteiger charge is -2.22. The largest absolute Gasteiger partial charge is 0.352 e. The van der Waals surface area contributed by atoms with Crippen LogP contribution in [-0.2, 0) is 16.6 Å². The van der Waals surface area contributed by atoms with Crippen LogP contribution in [0.4, 0.5) is 0 Å². The van der Waals surface area contributed by atoms with Crippen molar-refractivity contribution in [1.29, 1.82) is 0 Å². The van der Waals surface area contributed by atoms with Crippen molar-refractivity contribution in [2.75, 3.05) is 7.05 Å². The van der Waals surface area contributed by atoms with Gasteiger partial charge in [0.2, 0.25) is 10.0 Å². The van der Waals surface area contributed by atoms with Crippen LogP contribution in [0.2, 0.25) is 0 Å². The molecule has 0 fully saturated rings. The van der Waals surface area contributed by atoms with Gasteiger partial charge in [0.05, 0.1) is 10.9 Å². The van der Waals surface area contributed by atoms with Gasteiger partial charge in [0.25, 0.3) is 0 Å². The molecule has 0 spiro atoms. The van der Waals surface area contributed by atoms with E-state index in [0.717, 1.165) is 5.56 Å². The molecular formula is C21H30N4O2S. The van der Waals surface area contributed by atoms with Crippen LogP contribution in [0.5, 0.6) is 0 Å². The lowest BCUT2D eigenvalue weighted by Crippen LogP contribution is -2.41. The fraction of sp³-hybridized carbons (Fsp3) is 0.381. The first-order valence-electron chi connectivity index (χ1n) is 9.26. The molecule has 1 unspecified atom stereocenters. The van der Waals surface area contributed by atoms with Crippen molar-refractivity contribution in [3.05, 3.63) is 65.7 Å². The first-order chi connectivity index (χ1) is 13.1. The van der Waals surface area contributed by atoms with Gasteiger partial charge in [-0.05, 0) is 44.9 Å². The Morgan fingerprint density at radius 1 is 1.04 bits per heavy atom. The van der Waals surface area contributed by atoms with Crippen LogP contribution in [-0.4, -0.2) is 27.0 Å². The molecule has 2 rings (SSSR count). The third kappa shape index (κ3) is 6.35. The molecule has 0 heterocycles. The summed E-state index contributed by atoms with van der Waals surface area (Å²) in [6.45, 7) is 7.85. The Morgan fingerprint density at radius 3 is 2.25 bits per heavy atom. The lowest BCUT2D eigenvalue weighted by molar-refractivity contribution is 0.491. The summed E-state index contributed by atoms with van der Waals surface area (Å²) in [5.74, 6) is 0.604. The molecule has 0 saturated carbocycles. The molecule has 0 aliphatic carbocycles. The molecule has 28 heavy (non-hydrogen) atoms. The maximum atomic E-state index is 12.8. The Labute approximate surface area is 168 Å². The zero-order valence-corrected chi connectivity index (χ0v) is 18.0. The van der Waals surface area contributed by atoms with Crippen molar-refractivity contribution in [3.63, 3.8) is 0 Å². The highest BCUT2D eigenvalue weighted by atomic mass is 32.2. The summed E-state index contributed by atoms with van der Waals surface area (Å²) in [7, 11) is -1.93. The lowest BCUT2D eigenvalue weighted by atomic mass is 10.1. The van der Waals surface area contributed by atoms with E-state index in [1.807, 2.05) is 64.1 Å². The summed E-state index contributed by atoms with van der Waals surface area (Å²) in [4.78, 5) is 4.52. The van der Waals surface area contributed by atoms with Gasteiger partial charge in [-0.25, -0.2) is 13.1 Å². The van der Waals surface area contributed by atoms with Crippen molar-refractivity contribution in [1.82, 2.24) is 15.4 Å². The average Bonchev–Trinajstić information content (AvgIpc) is 2.64. The molecule has 2 aromatic carbocycles. The Balaban J connectivity index is 2.11. The van der Waals surface area contributed by atoms with Crippen molar-refractivity contribution >= 4 is 16.0 Å². The van der Waals surface area contributed by atoms with Gasteiger partial charge in [-0.1, -0.05) is 48.5 Å². The van der Waals surface area contributed by atoms with Gasteiger partial charge in [-0.3, -0.25) is 4.99 Å². The van der Waals surface area contributed by atoms with Gasteiger partial charge in [-0.15, -0.1) is 0 Å². The molecule has 152 valence electrons. The molecule has 0 aliphatic rings. The van der Waals surface area contributed by atoms with Gasteiger partial charge < -0.3 is 10.6 Å². The minimum atomic E-state index is -3.62. The monoisotopic (exact) mass is 402 g/mol. The van der Waals surface area contributed by atoms with E-state index in [0.29, 0.717) is 18.1 Å². The van der Waals surface area contributed by atoms with E-state index in [1.54, 1.807) is 25.2 Å². The van der Waals surface area contributed by atoms with E-state index in [2.05, 4.69) is 20.3 Å². The zero-order valence-electron chi connectivity index (χ0n) is 17.2. The summed E-state index contributed by atoms with van der Waals surface area (Å²) in [6, 6.07) is 17.1. The Kier molecular flexibility index (Phi) is 7.21. The SMILES string of the molecule is CN=C(NCc1ccccc1S(=O)(=O)NC(C)(C)C)NC(C)c1ccccc1. The van der Waals surface area contributed by atoms with E-state index in [1.165, 1.54) is 0 Å². The minimum absolute atomic E-state index is 0.0638. The number of aliphatic imine (C=N–C) groups is 1. The molecule has 0 aliphatic heterocycles. The van der Waals surface area contributed by atoms with Gasteiger partial charge >= 0.3 is 0 Å². The van der Waals surface area contributed by atoms with Crippen molar-refractivity contribution in [3.8, 4) is 0 Å². The number of sulfonamides is 1. The smallest absolute Gasteiger partial charge is 0.241 e. The van der Waals surface area contributed by atoms with E-state index < -0.39 is 15.6 Å². The fourth-order valence-electron chi connectivity index (χ4n) is 2.77. The molecule has 0 bridgehead atoms. The van der Waals surface area contributed by atoms with Crippen molar-refractivity contribution < 1.29 is 8.42 Å². The standard InChI is InChI=1S/C21H30N4O2S/c1-16(17-11-7-6-8-12-17)24-20(22-5)23-15-18-13-9-10-14-19(18)28(26,27)25-21(2,3)4/h6-14,16,25H,15H2,1-5H3,(H2,22,23,24). The second-order valence-corrected chi connectivity index (χ2v) is 9.32. The Morgan fingerprint density at radius 2 is 1.64 bits per heavy atom. The van der Waals surface area contributed by atoms with Gasteiger partial charge in [0, 0.05) is 19.1 Å². The second kappa shape index (κ2) is 9.21. The van der Waals surface area contributed by atoms with E-state index in [-0.39, 0.29) is 10.9 Å². The molecule has 2 aromatic rings. The van der Waals surface area contributed by atoms with Crippen LogP contribution in [0, 0.1) is 0 Å². The highest BCUT2D eigenvalue weighted by Crippen LogP contribution is 2.18. The molecule has 0 saturated heterocycles. The van der Waals surface area contributed by atoms with Crippen molar-refractivity contribution in [2.24, 2.45) is 4.99 Å². The third-order valence-electron chi connectivity index (χ3n) is 4.03. The Bertz CT molecular complexity index is 904. The van der Waals surface area contributed by atoms with Crippen LogP contribution in [0.1, 0.15) is 44.9 Å². The number of nitrogens with one attached hydrogen (secondary N) is 3. The number of hydrogen-bond donors (Lipinski definition) is 3. The normalized spacial score (nSPS) is 13.8. The highest BCUT2D eigenvalue weighted by Gasteiger charge is 2.24. The summed E-state index contributed by atoms with van der Waals surface area (Å²) in [5, 5.41) is 6.53. The van der Waals surface area contributed by atoms with Crippen LogP contribution in [0.25, 0.3) is 0 Å². The minimum Gasteiger partial charge on any atom is -0.352 e. The molecular weight excluding hydrogens is 372 g/mol. The van der Waals surface area contributed by atoms with Crippen LogP contribution >= 0.6 is 0 Å². The summed E-state index contributed by atoms with van der Waals surface area (Å²) in [5.41, 5.74) is 1.26. The molecule has 3 N–H and O–H groups in total. The maximum absolute atomic E-state index is 12.8. The molecule has 0 amide bonds. The number of benzene rings is 2. The quantitative estimate of drug-likeness (QED) is 0.512. The summed E-state index contributed by atoms with van der Waals surface area (Å²) < 4.78 is 28.2. The van der Waals surface area contributed by atoms with Crippen LogP contribution in [0.15, 0.2) is 64.5 Å². The molecule has 0 radical (unpaired) electrons. The highest BCUT2D eigenvalue weighted by molar-refractivity contribution is 7.89. The first kappa shape index (κ1) is 21.9. The molecule has 1 atom stereocenters. The number of rotatable bonds is 6. The van der Waals surface area contributed by atoms with Gasteiger partial charge in [0.1, 0.15) is 0 Å². The summed E-state index contributed by atoms with van der Waals surface area (Å²) in [6.07, 6.45) is 0. The maximum Gasteiger partial charge on any atom is 0.241 e. The first-order valence-corrected chi connectivity index (χ1v) is 10.7. The second-order valence-electron chi connectivity index (χ2n) is 7.67. The van der Waals surface area contributed by atoms with E-state index in [4.69, 9.17) is 0 Å². The summed E-state index contributed by atoms with van der Waals surface area (Å²) >= 11 is 0. The fourth-order valence-corrected chi connectivity index (χ4v) is 4.43. The number of hydrogen-bond acceptors (Lipinski definition) is 3. The predicted molar refractivity (Wildman–Crippen MR) is 115 cm³/mol. The van der Waals surface area contributed by atoms with Crippen molar-refractivity contribution in [2.45, 2.75) is 50.7 Å². The number of guanidine groups is 1. The third-order valence-corrected chi connectivity index (χ3v) is 5.88. The molecule has 6 nitrogen and oxygen atoms in total.